The van der Waals surface area contributed by atoms with E-state index in [9.17, 15) is 0 Å². The van der Waals surface area contributed by atoms with Crippen LogP contribution in [0.2, 0.25) is 0 Å². The lowest BCUT2D eigenvalue weighted by Crippen LogP contribution is -2.16. The molecule has 4 rings (SSSR count). The summed E-state index contributed by atoms with van der Waals surface area (Å²) in [6.07, 6.45) is 7.09. The van der Waals surface area contributed by atoms with Crippen molar-refractivity contribution in [1.82, 2.24) is 4.98 Å². The van der Waals surface area contributed by atoms with E-state index in [1.54, 1.807) is 0 Å². The van der Waals surface area contributed by atoms with Crippen molar-refractivity contribution in [2.45, 2.75) is 93.4 Å². The highest BCUT2D eigenvalue weighted by Gasteiger charge is 2.20. The number of fused-ring (bicyclic) bond motifs is 1. The summed E-state index contributed by atoms with van der Waals surface area (Å²) in [5.41, 5.74) is 15.6. The van der Waals surface area contributed by atoms with Gasteiger partial charge in [0.1, 0.15) is 0 Å². The van der Waals surface area contributed by atoms with E-state index < -0.39 is 0 Å². The summed E-state index contributed by atoms with van der Waals surface area (Å²) in [4.78, 5) is 15.6. The molecule has 1 aromatic heterocycles. The molecule has 1 heterocycles. The molecule has 3 nitrogen and oxygen atoms in total. The third kappa shape index (κ3) is 5.36. The molecule has 0 N–H and O–H groups in total. The molecule has 188 valence electrons. The van der Waals surface area contributed by atoms with E-state index in [1.807, 2.05) is 0 Å². The molecule has 0 saturated carbocycles. The van der Waals surface area contributed by atoms with Gasteiger partial charge in [-0.1, -0.05) is 69.2 Å². The van der Waals surface area contributed by atoms with Crippen LogP contribution in [0.3, 0.4) is 0 Å². The van der Waals surface area contributed by atoms with Crippen LogP contribution in [0.25, 0.3) is 0 Å². The monoisotopic (exact) mass is 479 g/mol. The molecule has 0 unspecified atom stereocenters. The Bertz CT molecular complexity index is 1280. The van der Waals surface area contributed by atoms with Crippen molar-refractivity contribution in [2.75, 3.05) is 0 Å². The van der Waals surface area contributed by atoms with Crippen molar-refractivity contribution < 1.29 is 0 Å². The van der Waals surface area contributed by atoms with Crippen LogP contribution in [0.15, 0.2) is 46.4 Å². The van der Waals surface area contributed by atoms with Crippen LogP contribution in [0.1, 0.15) is 97.8 Å². The lowest BCUT2D eigenvalue weighted by Gasteiger charge is -2.20. The minimum Gasteiger partial charge on any atom is -0.251 e. The van der Waals surface area contributed by atoms with Crippen molar-refractivity contribution in [3.05, 3.63) is 86.7 Å². The normalized spacial score (nSPS) is 14.9. The standard InChI is InChI=1S/C33H41N3/c1-8-24-17-21(5)18-25(9-2)31(24)34-23(7)29-16-15-28-13-12-14-30(33(28)35-29)36-32-26(10-3)19-22(6)20-27(32)11-4/h15-20H,8-14H2,1-7H3. The number of pyridine rings is 1. The molecule has 0 bridgehead atoms. The predicted octanol–water partition coefficient (Wildman–Crippen LogP) is 8.55. The summed E-state index contributed by atoms with van der Waals surface area (Å²) in [6, 6.07) is 13.5. The van der Waals surface area contributed by atoms with Crippen molar-refractivity contribution >= 4 is 22.8 Å². The maximum absolute atomic E-state index is 5.31. The largest absolute Gasteiger partial charge is 0.251 e. The lowest BCUT2D eigenvalue weighted by molar-refractivity contribution is 0.825. The zero-order valence-electron chi connectivity index (χ0n) is 23.3. The van der Waals surface area contributed by atoms with E-state index in [1.165, 1.54) is 38.9 Å². The fraction of sp³-hybridized carbons (Fsp3) is 0.424. The van der Waals surface area contributed by atoms with E-state index in [2.05, 4.69) is 84.9 Å². The van der Waals surface area contributed by atoms with Gasteiger partial charge in [0.05, 0.1) is 34.2 Å². The average molecular weight is 480 g/mol. The Morgan fingerprint density at radius 1 is 0.750 bits per heavy atom. The maximum Gasteiger partial charge on any atom is 0.0884 e. The summed E-state index contributed by atoms with van der Waals surface area (Å²) in [7, 11) is 0. The molecule has 36 heavy (non-hydrogen) atoms. The summed E-state index contributed by atoms with van der Waals surface area (Å²) < 4.78 is 0. The molecule has 0 aliphatic heterocycles. The van der Waals surface area contributed by atoms with Crippen LogP contribution >= 0.6 is 0 Å². The van der Waals surface area contributed by atoms with Gasteiger partial charge >= 0.3 is 0 Å². The van der Waals surface area contributed by atoms with Gasteiger partial charge in [-0.15, -0.1) is 0 Å². The fourth-order valence-electron chi connectivity index (χ4n) is 5.41. The summed E-state index contributed by atoms with van der Waals surface area (Å²) in [5.74, 6) is 0. The van der Waals surface area contributed by atoms with Crippen LogP contribution in [-0.4, -0.2) is 16.4 Å². The molecule has 0 radical (unpaired) electrons. The first-order valence-electron chi connectivity index (χ1n) is 13.8. The van der Waals surface area contributed by atoms with Crippen molar-refractivity contribution in [1.29, 1.82) is 0 Å². The zero-order chi connectivity index (χ0) is 25.8. The Morgan fingerprint density at radius 2 is 1.28 bits per heavy atom. The van der Waals surface area contributed by atoms with Gasteiger partial charge in [-0.3, -0.25) is 9.98 Å². The molecule has 3 aromatic rings. The quantitative estimate of drug-likeness (QED) is 0.313. The Kier molecular flexibility index (Phi) is 8.18. The number of aromatic nitrogens is 1. The minimum absolute atomic E-state index is 0.948. The maximum atomic E-state index is 5.31. The third-order valence-electron chi connectivity index (χ3n) is 7.36. The molecular formula is C33H41N3. The molecule has 0 atom stereocenters. The van der Waals surface area contributed by atoms with Crippen molar-refractivity contribution in [2.24, 2.45) is 9.98 Å². The van der Waals surface area contributed by atoms with Crippen LogP contribution < -0.4 is 0 Å². The fourth-order valence-corrected chi connectivity index (χ4v) is 5.41. The first-order chi connectivity index (χ1) is 17.4. The van der Waals surface area contributed by atoms with Gasteiger partial charge in [0.15, 0.2) is 0 Å². The molecule has 1 aliphatic carbocycles. The molecule has 0 fully saturated rings. The van der Waals surface area contributed by atoms with E-state index in [0.29, 0.717) is 0 Å². The van der Waals surface area contributed by atoms with E-state index in [-0.39, 0.29) is 0 Å². The first kappa shape index (κ1) is 26.0. The first-order valence-corrected chi connectivity index (χ1v) is 13.8. The second-order valence-electron chi connectivity index (χ2n) is 10.1. The van der Waals surface area contributed by atoms with E-state index in [4.69, 9.17) is 15.0 Å². The third-order valence-corrected chi connectivity index (χ3v) is 7.36. The number of benzene rings is 2. The van der Waals surface area contributed by atoms with Gasteiger partial charge in [-0.2, -0.15) is 0 Å². The van der Waals surface area contributed by atoms with Gasteiger partial charge < -0.3 is 0 Å². The van der Waals surface area contributed by atoms with Crippen LogP contribution in [0.4, 0.5) is 11.4 Å². The van der Waals surface area contributed by atoms with Gasteiger partial charge in [-0.05, 0) is 99.6 Å². The van der Waals surface area contributed by atoms with Crippen LogP contribution in [0, 0.1) is 13.8 Å². The highest BCUT2D eigenvalue weighted by atomic mass is 14.9. The molecule has 1 aliphatic rings. The van der Waals surface area contributed by atoms with Crippen molar-refractivity contribution in [3.63, 3.8) is 0 Å². The van der Waals surface area contributed by atoms with Gasteiger partial charge in [0.25, 0.3) is 0 Å². The average Bonchev–Trinajstić information content (AvgIpc) is 2.89. The Balaban J connectivity index is 1.81. The number of rotatable bonds is 7. The molecule has 3 heteroatoms. The van der Waals surface area contributed by atoms with E-state index >= 15 is 0 Å². The lowest BCUT2D eigenvalue weighted by atomic mass is 9.93. The summed E-state index contributed by atoms with van der Waals surface area (Å²) in [5, 5.41) is 0. The number of hydrogen-bond acceptors (Lipinski definition) is 3. The number of hydrogen-bond donors (Lipinski definition) is 0. The highest BCUT2D eigenvalue weighted by Crippen LogP contribution is 2.32. The molecule has 0 amide bonds. The topological polar surface area (TPSA) is 37.6 Å². The summed E-state index contributed by atoms with van der Waals surface area (Å²) in [6.45, 7) is 15.3. The Hall–Kier alpha value is -3.07. The predicted molar refractivity (Wildman–Crippen MR) is 155 cm³/mol. The zero-order valence-corrected chi connectivity index (χ0v) is 23.3. The van der Waals surface area contributed by atoms with E-state index in [0.717, 1.165) is 79.1 Å². The molecule has 0 spiro atoms. The molecule has 2 aromatic carbocycles. The van der Waals surface area contributed by atoms with Crippen LogP contribution in [0.5, 0.6) is 0 Å². The second-order valence-corrected chi connectivity index (χ2v) is 10.1. The number of aliphatic imine (C=N–C) groups is 2. The van der Waals surface area contributed by atoms with Crippen LogP contribution in [-0.2, 0) is 32.1 Å². The molecule has 0 saturated heterocycles. The SMILES string of the molecule is CCc1cc(C)cc(CC)c1N=C(C)c1ccc2c(n1)C(=Nc1c(CC)cc(C)cc1CC)CCC2. The molecular weight excluding hydrogens is 438 g/mol. The Labute approximate surface area is 217 Å². The Morgan fingerprint density at radius 3 is 1.81 bits per heavy atom. The smallest absolute Gasteiger partial charge is 0.0884 e. The van der Waals surface area contributed by atoms with Gasteiger partial charge in [-0.25, -0.2) is 4.98 Å². The number of nitrogens with zero attached hydrogens (tertiary/aromatic N) is 3. The van der Waals surface area contributed by atoms with Gasteiger partial charge in [0, 0.05) is 0 Å². The number of aryl methyl sites for hydroxylation is 7. The highest BCUT2D eigenvalue weighted by molar-refractivity contribution is 6.05. The summed E-state index contributed by atoms with van der Waals surface area (Å²) >= 11 is 0. The van der Waals surface area contributed by atoms with Gasteiger partial charge in [0.2, 0.25) is 0 Å². The second kappa shape index (κ2) is 11.3. The minimum atomic E-state index is 0.948. The van der Waals surface area contributed by atoms with Crippen molar-refractivity contribution in [3.8, 4) is 0 Å².